The number of carbonyl (C=O) groups is 1. The van der Waals surface area contributed by atoms with Crippen molar-refractivity contribution in [2.24, 2.45) is 0 Å². The molecular weight excluding hydrogens is 312 g/mol. The third-order valence-electron chi connectivity index (χ3n) is 3.33. The van der Waals surface area contributed by atoms with E-state index in [2.05, 4.69) is 20.5 Å². The van der Waals surface area contributed by atoms with Gasteiger partial charge in [-0.3, -0.25) is 4.79 Å². The molecule has 2 rings (SSSR count). The van der Waals surface area contributed by atoms with Gasteiger partial charge in [0.15, 0.2) is 0 Å². The molecule has 2 N–H and O–H groups in total. The van der Waals surface area contributed by atoms with Crippen LogP contribution in [0.15, 0.2) is 36.5 Å². The van der Waals surface area contributed by atoms with E-state index >= 15 is 0 Å². The van der Waals surface area contributed by atoms with Crippen molar-refractivity contribution in [2.75, 3.05) is 37.8 Å². The van der Waals surface area contributed by atoms with Gasteiger partial charge in [0.1, 0.15) is 5.69 Å². The molecule has 6 heteroatoms. The average molecular weight is 333 g/mol. The fraction of sp³-hybridized carbons (Fsp3) is 0.294. The van der Waals surface area contributed by atoms with Crippen molar-refractivity contribution >= 4 is 28.9 Å². The van der Waals surface area contributed by atoms with Gasteiger partial charge in [0.2, 0.25) is 0 Å². The maximum absolute atomic E-state index is 12.2. The molecule has 0 atom stereocenters. The zero-order chi connectivity index (χ0) is 16.8. The predicted molar refractivity (Wildman–Crippen MR) is 95.4 cm³/mol. The summed E-state index contributed by atoms with van der Waals surface area (Å²) in [5.41, 5.74) is 2.90. The van der Waals surface area contributed by atoms with Gasteiger partial charge in [-0.05, 0) is 50.8 Å². The standard InChI is InChI=1S/C17H21ClN4O/c1-12-4-5-13(18)10-16(12)21-17(23)15-7-6-14(11-20-15)19-8-9-22(2)3/h4-7,10-11,19H,8-9H2,1-3H3,(H,21,23). The van der Waals surface area contributed by atoms with Crippen LogP contribution in [0.5, 0.6) is 0 Å². The number of aryl methyl sites for hydroxylation is 1. The summed E-state index contributed by atoms with van der Waals surface area (Å²) in [7, 11) is 4.04. The van der Waals surface area contributed by atoms with Crippen molar-refractivity contribution in [1.82, 2.24) is 9.88 Å². The first-order valence-electron chi connectivity index (χ1n) is 7.38. The number of hydrogen-bond donors (Lipinski definition) is 2. The summed E-state index contributed by atoms with van der Waals surface area (Å²) < 4.78 is 0. The van der Waals surface area contributed by atoms with E-state index < -0.39 is 0 Å². The van der Waals surface area contributed by atoms with Crippen LogP contribution in [0, 0.1) is 6.92 Å². The Morgan fingerprint density at radius 1 is 1.26 bits per heavy atom. The lowest BCUT2D eigenvalue weighted by atomic mass is 10.2. The van der Waals surface area contributed by atoms with E-state index in [0.29, 0.717) is 16.4 Å². The number of pyridine rings is 1. The summed E-state index contributed by atoms with van der Waals surface area (Å²) in [6, 6.07) is 8.93. The van der Waals surface area contributed by atoms with Crippen LogP contribution in [0.3, 0.4) is 0 Å². The number of nitrogens with zero attached hydrogens (tertiary/aromatic N) is 2. The van der Waals surface area contributed by atoms with Crippen molar-refractivity contribution in [3.8, 4) is 0 Å². The van der Waals surface area contributed by atoms with E-state index in [4.69, 9.17) is 11.6 Å². The Kier molecular flexibility index (Phi) is 5.96. The zero-order valence-corrected chi connectivity index (χ0v) is 14.3. The Morgan fingerprint density at radius 2 is 2.04 bits per heavy atom. The van der Waals surface area contributed by atoms with Crippen LogP contribution in [0.4, 0.5) is 11.4 Å². The van der Waals surface area contributed by atoms with Gasteiger partial charge in [0, 0.05) is 23.8 Å². The SMILES string of the molecule is Cc1ccc(Cl)cc1NC(=O)c1ccc(NCCN(C)C)cn1. The Bertz CT molecular complexity index is 671. The van der Waals surface area contributed by atoms with Gasteiger partial charge in [0.05, 0.1) is 11.9 Å². The summed E-state index contributed by atoms with van der Waals surface area (Å²) in [5.74, 6) is -0.254. The molecule has 0 aliphatic heterocycles. The summed E-state index contributed by atoms with van der Waals surface area (Å²) in [5, 5.41) is 6.67. The summed E-state index contributed by atoms with van der Waals surface area (Å²) in [6.45, 7) is 3.66. The Balaban J connectivity index is 1.98. The van der Waals surface area contributed by atoms with Crippen LogP contribution in [-0.2, 0) is 0 Å². The normalized spacial score (nSPS) is 10.7. The van der Waals surface area contributed by atoms with Gasteiger partial charge in [0.25, 0.3) is 5.91 Å². The van der Waals surface area contributed by atoms with Crippen molar-refractivity contribution in [2.45, 2.75) is 6.92 Å². The monoisotopic (exact) mass is 332 g/mol. The molecule has 1 aromatic carbocycles. The van der Waals surface area contributed by atoms with E-state index in [-0.39, 0.29) is 5.91 Å². The molecule has 0 aliphatic carbocycles. The molecule has 0 radical (unpaired) electrons. The van der Waals surface area contributed by atoms with Crippen LogP contribution in [0.1, 0.15) is 16.1 Å². The molecule has 1 heterocycles. The van der Waals surface area contributed by atoms with Crippen LogP contribution in [0.2, 0.25) is 5.02 Å². The maximum Gasteiger partial charge on any atom is 0.274 e. The minimum Gasteiger partial charge on any atom is -0.383 e. The molecule has 0 unspecified atom stereocenters. The minimum atomic E-state index is -0.254. The van der Waals surface area contributed by atoms with E-state index in [0.717, 1.165) is 24.3 Å². The highest BCUT2D eigenvalue weighted by molar-refractivity contribution is 6.31. The highest BCUT2D eigenvalue weighted by atomic mass is 35.5. The molecule has 1 aromatic heterocycles. The Hall–Kier alpha value is -2.11. The quantitative estimate of drug-likeness (QED) is 0.852. The predicted octanol–water partition coefficient (Wildman–Crippen LogP) is 3.27. The second-order valence-corrected chi connectivity index (χ2v) is 6.01. The van der Waals surface area contributed by atoms with Gasteiger partial charge in [-0.1, -0.05) is 17.7 Å². The second-order valence-electron chi connectivity index (χ2n) is 5.58. The molecule has 23 heavy (non-hydrogen) atoms. The van der Waals surface area contributed by atoms with Crippen LogP contribution >= 0.6 is 11.6 Å². The number of carbonyl (C=O) groups excluding carboxylic acids is 1. The lowest BCUT2D eigenvalue weighted by Crippen LogP contribution is -2.21. The molecule has 0 saturated carbocycles. The molecule has 0 bridgehead atoms. The van der Waals surface area contributed by atoms with Crippen molar-refractivity contribution < 1.29 is 4.79 Å². The number of likely N-dealkylation sites (N-methyl/N-ethyl adjacent to an activating group) is 1. The molecule has 2 aromatic rings. The van der Waals surface area contributed by atoms with Crippen LogP contribution in [0.25, 0.3) is 0 Å². The molecule has 1 amide bonds. The highest BCUT2D eigenvalue weighted by Crippen LogP contribution is 2.20. The molecule has 5 nitrogen and oxygen atoms in total. The van der Waals surface area contributed by atoms with Crippen molar-refractivity contribution in [3.63, 3.8) is 0 Å². The lowest BCUT2D eigenvalue weighted by Gasteiger charge is -2.11. The number of halogens is 1. The fourth-order valence-electron chi connectivity index (χ4n) is 1.97. The topological polar surface area (TPSA) is 57.3 Å². The smallest absolute Gasteiger partial charge is 0.274 e. The van der Waals surface area contributed by atoms with Gasteiger partial charge >= 0.3 is 0 Å². The first kappa shape index (κ1) is 17.2. The number of hydrogen-bond acceptors (Lipinski definition) is 4. The van der Waals surface area contributed by atoms with Crippen LogP contribution in [-0.4, -0.2) is 43.0 Å². The maximum atomic E-state index is 12.2. The molecule has 122 valence electrons. The second kappa shape index (κ2) is 7.94. The molecule has 0 spiro atoms. The van der Waals surface area contributed by atoms with E-state index in [1.54, 1.807) is 24.4 Å². The molecule has 0 fully saturated rings. The lowest BCUT2D eigenvalue weighted by molar-refractivity contribution is 0.102. The van der Waals surface area contributed by atoms with Crippen molar-refractivity contribution in [1.29, 1.82) is 0 Å². The number of anilines is 2. The number of benzene rings is 1. The first-order valence-corrected chi connectivity index (χ1v) is 7.75. The Morgan fingerprint density at radius 3 is 2.70 bits per heavy atom. The zero-order valence-electron chi connectivity index (χ0n) is 13.6. The molecular formula is C17H21ClN4O. The van der Waals surface area contributed by atoms with Gasteiger partial charge in [-0.2, -0.15) is 0 Å². The third-order valence-corrected chi connectivity index (χ3v) is 3.57. The van der Waals surface area contributed by atoms with E-state index in [1.165, 1.54) is 0 Å². The van der Waals surface area contributed by atoms with E-state index in [9.17, 15) is 4.79 Å². The van der Waals surface area contributed by atoms with E-state index in [1.807, 2.05) is 33.2 Å². The van der Waals surface area contributed by atoms with Gasteiger partial charge in [-0.15, -0.1) is 0 Å². The number of aromatic nitrogens is 1. The Labute approximate surface area is 141 Å². The number of nitrogens with one attached hydrogen (secondary N) is 2. The largest absolute Gasteiger partial charge is 0.383 e. The summed E-state index contributed by atoms with van der Waals surface area (Å²) in [4.78, 5) is 18.5. The molecule has 0 saturated heterocycles. The van der Waals surface area contributed by atoms with Gasteiger partial charge < -0.3 is 15.5 Å². The summed E-state index contributed by atoms with van der Waals surface area (Å²) >= 11 is 5.96. The molecule has 0 aliphatic rings. The minimum absolute atomic E-state index is 0.254. The van der Waals surface area contributed by atoms with Crippen LogP contribution < -0.4 is 10.6 Å². The van der Waals surface area contributed by atoms with Gasteiger partial charge in [-0.25, -0.2) is 4.98 Å². The number of rotatable bonds is 6. The van der Waals surface area contributed by atoms with Crippen molar-refractivity contribution in [3.05, 3.63) is 52.8 Å². The highest BCUT2D eigenvalue weighted by Gasteiger charge is 2.09. The third kappa shape index (κ3) is 5.23. The average Bonchev–Trinajstić information content (AvgIpc) is 2.51. The first-order chi connectivity index (χ1) is 11.0. The summed E-state index contributed by atoms with van der Waals surface area (Å²) in [6.07, 6.45) is 1.66. The fourth-order valence-corrected chi connectivity index (χ4v) is 2.14. The number of amides is 1.